The van der Waals surface area contributed by atoms with Crippen molar-refractivity contribution in [3.05, 3.63) is 51.0 Å². The highest BCUT2D eigenvalue weighted by atomic mass is 35.5. The third kappa shape index (κ3) is 5.19. The number of fused-ring (bicyclic) bond motifs is 1. The maximum Gasteiger partial charge on any atom is 0.310 e. The number of nitrogens with one attached hydrogen (secondary N) is 1. The van der Waals surface area contributed by atoms with E-state index in [0.717, 1.165) is 0 Å². The summed E-state index contributed by atoms with van der Waals surface area (Å²) < 4.78 is 15.9. The molecule has 142 valence electrons. The third-order valence-electron chi connectivity index (χ3n) is 3.59. The molecule has 6 nitrogen and oxygen atoms in total. The van der Waals surface area contributed by atoms with Gasteiger partial charge in [-0.15, -0.1) is 0 Å². The molecule has 0 bridgehead atoms. The number of halogens is 3. The summed E-state index contributed by atoms with van der Waals surface area (Å²) in [7, 11) is 0. The summed E-state index contributed by atoms with van der Waals surface area (Å²) in [4.78, 5) is 23.9. The van der Waals surface area contributed by atoms with Crippen LogP contribution in [0, 0.1) is 0 Å². The Morgan fingerprint density at radius 3 is 2.37 bits per heavy atom. The van der Waals surface area contributed by atoms with Crippen molar-refractivity contribution in [2.45, 2.75) is 6.42 Å². The van der Waals surface area contributed by atoms with Crippen LogP contribution in [0.5, 0.6) is 11.5 Å². The Balaban J connectivity index is 1.52. The molecule has 1 aliphatic heterocycles. The van der Waals surface area contributed by atoms with Gasteiger partial charge in [0.25, 0.3) is 5.91 Å². The molecule has 0 aromatic heterocycles. The van der Waals surface area contributed by atoms with Crippen molar-refractivity contribution in [3.63, 3.8) is 0 Å². The number of esters is 1. The predicted molar refractivity (Wildman–Crippen MR) is 102 cm³/mol. The van der Waals surface area contributed by atoms with Crippen molar-refractivity contribution in [1.82, 2.24) is 0 Å². The molecule has 27 heavy (non-hydrogen) atoms. The summed E-state index contributed by atoms with van der Waals surface area (Å²) in [5.74, 6) is 0.0811. The van der Waals surface area contributed by atoms with E-state index in [1.807, 2.05) is 0 Å². The van der Waals surface area contributed by atoms with E-state index in [1.54, 1.807) is 18.2 Å². The van der Waals surface area contributed by atoms with Gasteiger partial charge in [0.1, 0.15) is 13.2 Å². The zero-order chi connectivity index (χ0) is 19.4. The molecule has 0 radical (unpaired) electrons. The second-order valence-electron chi connectivity index (χ2n) is 5.61. The van der Waals surface area contributed by atoms with E-state index in [2.05, 4.69) is 5.32 Å². The van der Waals surface area contributed by atoms with Crippen molar-refractivity contribution >= 4 is 52.4 Å². The minimum atomic E-state index is -0.573. The van der Waals surface area contributed by atoms with E-state index in [0.29, 0.717) is 35.3 Å². The largest absolute Gasteiger partial charge is 0.486 e. The van der Waals surface area contributed by atoms with Gasteiger partial charge in [-0.2, -0.15) is 0 Å². The van der Waals surface area contributed by atoms with Crippen LogP contribution in [0.15, 0.2) is 30.3 Å². The molecule has 1 N–H and O–H groups in total. The van der Waals surface area contributed by atoms with Gasteiger partial charge in [0, 0.05) is 5.02 Å². The number of hydrogen-bond donors (Lipinski definition) is 1. The van der Waals surface area contributed by atoms with Crippen LogP contribution < -0.4 is 14.8 Å². The normalized spacial score (nSPS) is 12.4. The molecule has 0 unspecified atom stereocenters. The monoisotopic (exact) mass is 429 g/mol. The second-order valence-corrected chi connectivity index (χ2v) is 6.86. The fourth-order valence-corrected chi connectivity index (χ4v) is 3.31. The molecule has 0 saturated carbocycles. The number of rotatable bonds is 5. The lowest BCUT2D eigenvalue weighted by atomic mass is 10.1. The number of carbonyl (C=O) groups is 2. The van der Waals surface area contributed by atoms with Gasteiger partial charge in [0.15, 0.2) is 18.1 Å². The molecule has 2 aromatic rings. The summed E-state index contributed by atoms with van der Waals surface area (Å²) in [6.07, 6.45) is -0.00756. The van der Waals surface area contributed by atoms with Gasteiger partial charge in [0.2, 0.25) is 0 Å². The number of ether oxygens (including phenoxy) is 3. The maximum absolute atomic E-state index is 12.0. The third-order valence-corrected chi connectivity index (χ3v) is 4.40. The molecule has 0 aliphatic carbocycles. The fraction of sp³-hybridized carbons (Fsp3) is 0.222. The van der Waals surface area contributed by atoms with Crippen molar-refractivity contribution in [2.75, 3.05) is 25.1 Å². The van der Waals surface area contributed by atoms with E-state index in [-0.39, 0.29) is 22.2 Å². The molecule has 3 rings (SSSR count). The zero-order valence-electron chi connectivity index (χ0n) is 13.9. The number of benzene rings is 2. The second kappa shape index (κ2) is 8.69. The number of hydrogen-bond acceptors (Lipinski definition) is 5. The number of carbonyl (C=O) groups excluding carboxylic acids is 2. The Morgan fingerprint density at radius 1 is 1.00 bits per heavy atom. The van der Waals surface area contributed by atoms with Crippen LogP contribution >= 0.6 is 34.8 Å². The highest BCUT2D eigenvalue weighted by molar-refractivity contribution is 6.42. The van der Waals surface area contributed by atoms with E-state index >= 15 is 0 Å². The lowest BCUT2D eigenvalue weighted by Gasteiger charge is -2.18. The first-order valence-electron chi connectivity index (χ1n) is 7.91. The lowest BCUT2D eigenvalue weighted by molar-refractivity contribution is -0.146. The standard InChI is InChI=1S/C18H14Cl3NO5/c19-11-7-12(20)18(13(21)8-11)22-16(23)9-27-17(24)6-10-1-2-14-15(5-10)26-4-3-25-14/h1-2,5,7-8H,3-4,6,9H2,(H,22,23). The van der Waals surface area contributed by atoms with Crippen LogP contribution in [0.2, 0.25) is 15.1 Å². The van der Waals surface area contributed by atoms with E-state index in [1.165, 1.54) is 12.1 Å². The molecule has 0 saturated heterocycles. The van der Waals surface area contributed by atoms with Gasteiger partial charge in [-0.25, -0.2) is 0 Å². The van der Waals surface area contributed by atoms with Crippen molar-refractivity contribution in [2.24, 2.45) is 0 Å². The van der Waals surface area contributed by atoms with Crippen molar-refractivity contribution < 1.29 is 23.8 Å². The molecule has 0 atom stereocenters. The Kier molecular flexibility index (Phi) is 6.31. The summed E-state index contributed by atoms with van der Waals surface area (Å²) in [5, 5.41) is 3.20. The van der Waals surface area contributed by atoms with Crippen LogP contribution in [0.25, 0.3) is 0 Å². The predicted octanol–water partition coefficient (Wildman–Crippen LogP) is 4.14. The van der Waals surface area contributed by atoms with Gasteiger partial charge in [-0.3, -0.25) is 9.59 Å². The Bertz CT molecular complexity index is 864. The first-order chi connectivity index (χ1) is 12.9. The quantitative estimate of drug-likeness (QED) is 0.722. The topological polar surface area (TPSA) is 73.9 Å². The van der Waals surface area contributed by atoms with E-state index in [9.17, 15) is 9.59 Å². The molecule has 1 amide bonds. The first-order valence-corrected chi connectivity index (χ1v) is 9.04. The Hall–Kier alpha value is -2.15. The van der Waals surface area contributed by atoms with Gasteiger partial charge in [0.05, 0.1) is 22.2 Å². The SMILES string of the molecule is O=C(COC(=O)Cc1ccc2c(c1)OCCO2)Nc1c(Cl)cc(Cl)cc1Cl. The van der Waals surface area contributed by atoms with Crippen LogP contribution in [0.3, 0.4) is 0 Å². The highest BCUT2D eigenvalue weighted by Crippen LogP contribution is 2.33. The maximum atomic E-state index is 12.0. The Labute approximate surface area is 170 Å². The molecule has 1 heterocycles. The molecule has 0 fully saturated rings. The molecule has 2 aromatic carbocycles. The van der Waals surface area contributed by atoms with Crippen molar-refractivity contribution in [1.29, 1.82) is 0 Å². The van der Waals surface area contributed by atoms with Gasteiger partial charge in [-0.1, -0.05) is 40.9 Å². The molecule has 9 heteroatoms. The summed E-state index contributed by atoms with van der Waals surface area (Å²) in [6, 6.07) is 8.07. The molecule has 0 spiro atoms. The smallest absolute Gasteiger partial charge is 0.310 e. The first kappa shape index (κ1) is 19.6. The molecule has 1 aliphatic rings. The zero-order valence-corrected chi connectivity index (χ0v) is 16.2. The summed E-state index contributed by atoms with van der Waals surface area (Å²) >= 11 is 17.8. The van der Waals surface area contributed by atoms with Crippen LogP contribution in [-0.4, -0.2) is 31.7 Å². The van der Waals surface area contributed by atoms with Gasteiger partial charge < -0.3 is 19.5 Å². The van der Waals surface area contributed by atoms with Crippen LogP contribution in [0.1, 0.15) is 5.56 Å². The van der Waals surface area contributed by atoms with Crippen LogP contribution in [-0.2, 0) is 20.7 Å². The fourth-order valence-electron chi connectivity index (χ4n) is 2.40. The van der Waals surface area contributed by atoms with Crippen molar-refractivity contribution in [3.8, 4) is 11.5 Å². The number of anilines is 1. The number of amides is 1. The van der Waals surface area contributed by atoms with E-state index < -0.39 is 18.5 Å². The minimum absolute atomic E-state index is 0.00756. The minimum Gasteiger partial charge on any atom is -0.486 e. The van der Waals surface area contributed by atoms with Gasteiger partial charge >= 0.3 is 5.97 Å². The molecular formula is C18H14Cl3NO5. The highest BCUT2D eigenvalue weighted by Gasteiger charge is 2.16. The van der Waals surface area contributed by atoms with E-state index in [4.69, 9.17) is 49.0 Å². The average molecular weight is 431 g/mol. The molecular weight excluding hydrogens is 417 g/mol. The summed E-state index contributed by atoms with van der Waals surface area (Å²) in [6.45, 7) is 0.473. The lowest BCUT2D eigenvalue weighted by Crippen LogP contribution is -2.22. The Morgan fingerprint density at radius 2 is 1.67 bits per heavy atom. The van der Waals surface area contributed by atoms with Gasteiger partial charge in [-0.05, 0) is 29.8 Å². The average Bonchev–Trinajstić information content (AvgIpc) is 2.63. The summed E-state index contributed by atoms with van der Waals surface area (Å²) in [5.41, 5.74) is 0.893. The van der Waals surface area contributed by atoms with Crippen LogP contribution in [0.4, 0.5) is 5.69 Å².